The van der Waals surface area contributed by atoms with E-state index in [1.807, 2.05) is 19.1 Å². The number of nitrogens with one attached hydrogen (secondary N) is 1. The molecule has 25 heavy (non-hydrogen) atoms. The summed E-state index contributed by atoms with van der Waals surface area (Å²) >= 11 is 0. The van der Waals surface area contributed by atoms with Gasteiger partial charge >= 0.3 is 0 Å². The Hall–Kier alpha value is -2.69. The third-order valence-electron chi connectivity index (χ3n) is 4.06. The minimum absolute atomic E-state index is 0.265. The molecule has 0 saturated carbocycles. The Bertz CT molecular complexity index is 720. The zero-order chi connectivity index (χ0) is 18.2. The molecule has 0 fully saturated rings. The van der Waals surface area contributed by atoms with Gasteiger partial charge in [-0.3, -0.25) is 4.79 Å². The van der Waals surface area contributed by atoms with Crippen LogP contribution < -0.4 is 10.3 Å². The number of rotatable bonds is 7. The topological polar surface area (TPSA) is 44.7 Å². The summed E-state index contributed by atoms with van der Waals surface area (Å²) in [5.41, 5.74) is 5.71. The Morgan fingerprint density at radius 2 is 1.52 bits per heavy atom. The van der Waals surface area contributed by atoms with Gasteiger partial charge in [0.1, 0.15) is 5.82 Å². The van der Waals surface area contributed by atoms with Crippen LogP contribution in [0.4, 0.5) is 10.1 Å². The second-order valence-electron chi connectivity index (χ2n) is 5.58. The standard InChI is InChI=1S/C20H24FN3O/c1-4-19(15-7-11-17(21)12-8-15)22-23-20(25)16-9-13-18(14-10-16)24(5-2)6-3/h7-14H,4-6H2,1-3H3,(H,23,25)/b22-19-. The summed E-state index contributed by atoms with van der Waals surface area (Å²) in [5.74, 6) is -0.560. The highest BCUT2D eigenvalue weighted by molar-refractivity contribution is 6.02. The molecule has 1 N–H and O–H groups in total. The van der Waals surface area contributed by atoms with E-state index in [2.05, 4.69) is 29.3 Å². The molecule has 0 atom stereocenters. The van der Waals surface area contributed by atoms with Gasteiger partial charge in [0.15, 0.2) is 0 Å². The minimum Gasteiger partial charge on any atom is -0.372 e. The van der Waals surface area contributed by atoms with Gasteiger partial charge in [0.25, 0.3) is 5.91 Å². The van der Waals surface area contributed by atoms with E-state index in [0.717, 1.165) is 24.3 Å². The Kier molecular flexibility index (Phi) is 6.69. The molecule has 2 rings (SSSR count). The molecule has 0 aliphatic heterocycles. The summed E-state index contributed by atoms with van der Waals surface area (Å²) in [4.78, 5) is 14.5. The molecule has 0 radical (unpaired) electrons. The van der Waals surface area contributed by atoms with Gasteiger partial charge in [-0.1, -0.05) is 19.1 Å². The van der Waals surface area contributed by atoms with Crippen molar-refractivity contribution in [3.8, 4) is 0 Å². The minimum atomic E-state index is -0.295. The van der Waals surface area contributed by atoms with Crippen molar-refractivity contribution in [1.29, 1.82) is 0 Å². The van der Waals surface area contributed by atoms with Crippen molar-refractivity contribution in [2.75, 3.05) is 18.0 Å². The predicted molar refractivity (Wildman–Crippen MR) is 101 cm³/mol. The van der Waals surface area contributed by atoms with Crippen LogP contribution in [0.1, 0.15) is 43.1 Å². The van der Waals surface area contributed by atoms with Gasteiger partial charge in [-0.2, -0.15) is 5.10 Å². The van der Waals surface area contributed by atoms with Crippen molar-refractivity contribution in [2.45, 2.75) is 27.2 Å². The summed E-state index contributed by atoms with van der Waals surface area (Å²) in [7, 11) is 0. The lowest BCUT2D eigenvalue weighted by atomic mass is 10.1. The Balaban J connectivity index is 2.08. The van der Waals surface area contributed by atoms with Crippen molar-refractivity contribution in [2.24, 2.45) is 5.10 Å². The van der Waals surface area contributed by atoms with E-state index < -0.39 is 0 Å². The fourth-order valence-corrected chi connectivity index (χ4v) is 2.59. The molecule has 0 bridgehead atoms. The van der Waals surface area contributed by atoms with Crippen molar-refractivity contribution in [3.63, 3.8) is 0 Å². The molecule has 2 aromatic rings. The van der Waals surface area contributed by atoms with Crippen molar-refractivity contribution >= 4 is 17.3 Å². The van der Waals surface area contributed by atoms with Crippen LogP contribution in [0.5, 0.6) is 0 Å². The van der Waals surface area contributed by atoms with Crippen LogP contribution in [0.3, 0.4) is 0 Å². The lowest BCUT2D eigenvalue weighted by Gasteiger charge is -2.20. The highest BCUT2D eigenvalue weighted by Gasteiger charge is 2.08. The van der Waals surface area contributed by atoms with Crippen LogP contribution in [0.25, 0.3) is 0 Å². The van der Waals surface area contributed by atoms with E-state index >= 15 is 0 Å². The number of carbonyl (C=O) groups excluding carboxylic acids is 1. The van der Waals surface area contributed by atoms with E-state index in [-0.39, 0.29) is 11.7 Å². The number of amides is 1. The molecule has 0 aliphatic carbocycles. The lowest BCUT2D eigenvalue weighted by molar-refractivity contribution is 0.0955. The number of hydrogen-bond donors (Lipinski definition) is 1. The molecule has 0 aromatic heterocycles. The second kappa shape index (κ2) is 8.97. The summed E-state index contributed by atoms with van der Waals surface area (Å²) in [6, 6.07) is 13.5. The van der Waals surface area contributed by atoms with Gasteiger partial charge in [-0.25, -0.2) is 9.82 Å². The zero-order valence-corrected chi connectivity index (χ0v) is 14.9. The van der Waals surface area contributed by atoms with Gasteiger partial charge in [0.05, 0.1) is 5.71 Å². The summed E-state index contributed by atoms with van der Waals surface area (Å²) in [5, 5.41) is 4.19. The first kappa shape index (κ1) is 18.6. The van der Waals surface area contributed by atoms with Gasteiger partial charge in [0.2, 0.25) is 0 Å². The first-order chi connectivity index (χ1) is 12.1. The van der Waals surface area contributed by atoms with Crippen LogP contribution in [-0.4, -0.2) is 24.7 Å². The van der Waals surface area contributed by atoms with Crippen molar-refractivity contribution in [3.05, 3.63) is 65.5 Å². The van der Waals surface area contributed by atoms with Crippen LogP contribution >= 0.6 is 0 Å². The summed E-state index contributed by atoms with van der Waals surface area (Å²) in [6.45, 7) is 7.97. The SMILES string of the molecule is CC/C(=N/NC(=O)c1ccc(N(CC)CC)cc1)c1ccc(F)cc1. The molecule has 0 aliphatic rings. The smallest absolute Gasteiger partial charge is 0.271 e. The number of hydrogen-bond acceptors (Lipinski definition) is 3. The lowest BCUT2D eigenvalue weighted by Crippen LogP contribution is -2.22. The molecule has 0 saturated heterocycles. The maximum atomic E-state index is 13.0. The first-order valence-corrected chi connectivity index (χ1v) is 8.56. The average Bonchev–Trinajstić information content (AvgIpc) is 2.65. The highest BCUT2D eigenvalue weighted by atomic mass is 19.1. The normalized spacial score (nSPS) is 11.3. The third-order valence-corrected chi connectivity index (χ3v) is 4.06. The molecule has 132 valence electrons. The highest BCUT2D eigenvalue weighted by Crippen LogP contribution is 2.15. The second-order valence-corrected chi connectivity index (χ2v) is 5.58. The number of nitrogens with zero attached hydrogens (tertiary/aromatic N) is 2. The fourth-order valence-electron chi connectivity index (χ4n) is 2.59. The molecule has 2 aromatic carbocycles. The molecular weight excluding hydrogens is 317 g/mol. The van der Waals surface area contributed by atoms with E-state index in [1.165, 1.54) is 12.1 Å². The molecule has 0 heterocycles. The van der Waals surface area contributed by atoms with Gasteiger partial charge < -0.3 is 4.90 Å². The number of benzene rings is 2. The maximum absolute atomic E-state index is 13.0. The Labute approximate surface area is 148 Å². The molecular formula is C20H24FN3O. The predicted octanol–water partition coefficient (Wildman–Crippen LogP) is 4.22. The summed E-state index contributed by atoms with van der Waals surface area (Å²) < 4.78 is 13.0. The first-order valence-electron chi connectivity index (χ1n) is 8.56. The van der Waals surface area contributed by atoms with Crippen LogP contribution in [0.2, 0.25) is 0 Å². The Morgan fingerprint density at radius 1 is 0.960 bits per heavy atom. The average molecular weight is 341 g/mol. The maximum Gasteiger partial charge on any atom is 0.271 e. The number of halogens is 1. The molecule has 4 nitrogen and oxygen atoms in total. The fraction of sp³-hybridized carbons (Fsp3) is 0.300. The van der Waals surface area contributed by atoms with Crippen LogP contribution in [0, 0.1) is 5.82 Å². The van der Waals surface area contributed by atoms with E-state index in [9.17, 15) is 9.18 Å². The van der Waals surface area contributed by atoms with Crippen LogP contribution in [0.15, 0.2) is 53.6 Å². The monoisotopic (exact) mass is 341 g/mol. The Morgan fingerprint density at radius 3 is 2.04 bits per heavy atom. The van der Waals surface area contributed by atoms with Gasteiger partial charge in [-0.05, 0) is 62.2 Å². The molecule has 0 unspecified atom stereocenters. The van der Waals surface area contributed by atoms with Crippen molar-refractivity contribution in [1.82, 2.24) is 5.43 Å². The zero-order valence-electron chi connectivity index (χ0n) is 14.9. The van der Waals surface area contributed by atoms with E-state index in [1.54, 1.807) is 24.3 Å². The molecule has 1 amide bonds. The molecule has 5 heteroatoms. The van der Waals surface area contributed by atoms with Gasteiger partial charge in [0, 0.05) is 24.3 Å². The van der Waals surface area contributed by atoms with Crippen LogP contribution in [-0.2, 0) is 0 Å². The molecule has 0 spiro atoms. The quantitative estimate of drug-likeness (QED) is 0.605. The van der Waals surface area contributed by atoms with E-state index in [0.29, 0.717) is 17.7 Å². The third kappa shape index (κ3) is 4.89. The van der Waals surface area contributed by atoms with Crippen molar-refractivity contribution < 1.29 is 9.18 Å². The van der Waals surface area contributed by atoms with E-state index in [4.69, 9.17) is 0 Å². The largest absolute Gasteiger partial charge is 0.372 e. The number of hydrazone groups is 1. The number of carbonyl (C=O) groups is 1. The van der Waals surface area contributed by atoms with Gasteiger partial charge in [-0.15, -0.1) is 0 Å². The summed E-state index contributed by atoms with van der Waals surface area (Å²) in [6.07, 6.45) is 0.632. The number of anilines is 1.